The van der Waals surface area contributed by atoms with Gasteiger partial charge in [-0.15, -0.1) is 0 Å². The molecule has 28 heavy (non-hydrogen) atoms. The second kappa shape index (κ2) is 7.46. The number of nitrogens with one attached hydrogen (secondary N) is 1. The van der Waals surface area contributed by atoms with E-state index >= 15 is 0 Å². The molecule has 0 aliphatic heterocycles. The van der Waals surface area contributed by atoms with Crippen LogP contribution in [0.4, 0.5) is 8.78 Å². The molecule has 4 nitrogen and oxygen atoms in total. The molecule has 1 aromatic heterocycles. The molecular weight excluding hydrogens is 380 g/mol. The number of halogens is 2. The van der Waals surface area contributed by atoms with E-state index in [-0.39, 0.29) is 5.56 Å². The van der Waals surface area contributed by atoms with Gasteiger partial charge in [0, 0.05) is 11.6 Å². The molecule has 0 aliphatic rings. The Kier molecular flexibility index (Phi) is 4.85. The van der Waals surface area contributed by atoms with Gasteiger partial charge < -0.3 is 4.98 Å². The Morgan fingerprint density at radius 2 is 1.82 bits per heavy atom. The van der Waals surface area contributed by atoms with Gasteiger partial charge in [0.05, 0.1) is 15.9 Å². The Morgan fingerprint density at radius 3 is 2.61 bits per heavy atom. The van der Waals surface area contributed by atoms with E-state index in [9.17, 15) is 13.0 Å². The van der Waals surface area contributed by atoms with Crippen molar-refractivity contribution in [3.05, 3.63) is 83.7 Å². The van der Waals surface area contributed by atoms with Crippen molar-refractivity contribution in [1.82, 2.24) is 9.97 Å². The Morgan fingerprint density at radius 1 is 1.00 bits per heavy atom. The Bertz CT molecular complexity index is 1230. The molecule has 0 amide bonds. The molecule has 0 bridgehead atoms. The normalized spacial score (nSPS) is 12.7. The summed E-state index contributed by atoms with van der Waals surface area (Å²) in [5.41, 5.74) is 3.40. The molecule has 0 spiro atoms. The highest BCUT2D eigenvalue weighted by Gasteiger charge is 2.10. The molecule has 3 N–H and O–H groups in total. The number of rotatable bonds is 4. The van der Waals surface area contributed by atoms with Crippen LogP contribution in [0.5, 0.6) is 0 Å². The number of nitrogens with two attached hydrogens (primary N) is 1. The zero-order chi connectivity index (χ0) is 19.7. The number of benzene rings is 3. The molecule has 0 saturated carbocycles. The van der Waals surface area contributed by atoms with E-state index in [4.69, 9.17) is 5.14 Å². The van der Waals surface area contributed by atoms with Gasteiger partial charge in [-0.1, -0.05) is 24.3 Å². The van der Waals surface area contributed by atoms with Crippen molar-refractivity contribution in [2.45, 2.75) is 4.90 Å². The Hall–Kier alpha value is -3.16. The molecule has 0 aliphatic carbocycles. The van der Waals surface area contributed by atoms with Crippen LogP contribution in [0.3, 0.4) is 0 Å². The minimum absolute atomic E-state index is 0.266. The zero-order valence-corrected chi connectivity index (χ0v) is 15.3. The first kappa shape index (κ1) is 18.2. The molecular formula is C21H15F2N3OS. The van der Waals surface area contributed by atoms with Gasteiger partial charge in [0.25, 0.3) is 0 Å². The fourth-order valence-electron chi connectivity index (χ4n) is 2.96. The van der Waals surface area contributed by atoms with E-state index in [1.165, 1.54) is 18.2 Å². The second-order valence-electron chi connectivity index (χ2n) is 6.15. The third kappa shape index (κ3) is 3.62. The van der Waals surface area contributed by atoms with E-state index in [0.717, 1.165) is 28.2 Å². The third-order valence-corrected chi connectivity index (χ3v) is 5.09. The maximum absolute atomic E-state index is 13.7. The van der Waals surface area contributed by atoms with Crippen LogP contribution in [0.1, 0.15) is 11.4 Å². The van der Waals surface area contributed by atoms with Crippen LogP contribution in [-0.4, -0.2) is 14.2 Å². The van der Waals surface area contributed by atoms with Gasteiger partial charge in [-0.25, -0.2) is 23.1 Å². The fraction of sp³-hybridized carbons (Fsp3) is 0. The topological polar surface area (TPSA) is 71.8 Å². The first-order chi connectivity index (χ1) is 13.5. The number of aromatic nitrogens is 2. The standard InChI is InChI=1S/C21H15F2N3OS/c22-15-8-5-13(17(23)12-15)7-10-21-25-18-9-6-14(11-19(18)26-21)16-3-1-2-4-20(16)28(24)27/h1-12H,24H2,(H,25,26)/b10-7+. The summed E-state index contributed by atoms with van der Waals surface area (Å²) in [6, 6.07) is 16.2. The molecule has 4 aromatic rings. The van der Waals surface area contributed by atoms with Gasteiger partial charge in [-0.3, -0.25) is 0 Å². The molecule has 1 atom stereocenters. The average Bonchev–Trinajstić information content (AvgIpc) is 3.09. The summed E-state index contributed by atoms with van der Waals surface area (Å²) in [6.07, 6.45) is 3.15. The van der Waals surface area contributed by atoms with Crippen LogP contribution in [0, 0.1) is 11.6 Å². The smallest absolute Gasteiger partial charge is 0.133 e. The van der Waals surface area contributed by atoms with Gasteiger partial charge >= 0.3 is 0 Å². The predicted octanol–water partition coefficient (Wildman–Crippen LogP) is 4.66. The van der Waals surface area contributed by atoms with Crippen LogP contribution in [-0.2, 0) is 11.0 Å². The van der Waals surface area contributed by atoms with Crippen LogP contribution >= 0.6 is 0 Å². The zero-order valence-electron chi connectivity index (χ0n) is 14.5. The number of fused-ring (bicyclic) bond motifs is 1. The maximum Gasteiger partial charge on any atom is 0.133 e. The summed E-state index contributed by atoms with van der Waals surface area (Å²) in [5, 5.41) is 5.57. The number of hydrogen-bond acceptors (Lipinski definition) is 2. The summed E-state index contributed by atoms with van der Waals surface area (Å²) in [6.45, 7) is 0. The molecule has 4 rings (SSSR count). The largest absolute Gasteiger partial charge is 0.338 e. The van der Waals surface area contributed by atoms with E-state index < -0.39 is 22.6 Å². The summed E-state index contributed by atoms with van der Waals surface area (Å²) >= 11 is 0. The van der Waals surface area contributed by atoms with Gasteiger partial charge in [-0.05, 0) is 53.6 Å². The lowest BCUT2D eigenvalue weighted by atomic mass is 10.1. The molecule has 1 heterocycles. The Balaban J connectivity index is 1.69. The van der Waals surface area contributed by atoms with Crippen molar-refractivity contribution < 1.29 is 13.0 Å². The monoisotopic (exact) mass is 395 g/mol. The lowest BCUT2D eigenvalue weighted by Crippen LogP contribution is -2.04. The van der Waals surface area contributed by atoms with Crippen LogP contribution in [0.2, 0.25) is 0 Å². The molecule has 3 aromatic carbocycles. The summed E-state index contributed by atoms with van der Waals surface area (Å²) in [4.78, 5) is 8.15. The summed E-state index contributed by atoms with van der Waals surface area (Å²) in [5.74, 6) is -0.725. The lowest BCUT2D eigenvalue weighted by Gasteiger charge is -2.06. The number of H-pyrrole nitrogens is 1. The van der Waals surface area contributed by atoms with Crippen molar-refractivity contribution in [1.29, 1.82) is 0 Å². The van der Waals surface area contributed by atoms with Crippen molar-refractivity contribution in [3.63, 3.8) is 0 Å². The van der Waals surface area contributed by atoms with Crippen molar-refractivity contribution >= 4 is 34.2 Å². The molecule has 0 radical (unpaired) electrons. The lowest BCUT2D eigenvalue weighted by molar-refractivity contribution is 0.581. The first-order valence-corrected chi connectivity index (χ1v) is 9.61. The fourth-order valence-corrected chi connectivity index (χ4v) is 3.58. The minimum atomic E-state index is -1.60. The highest BCUT2D eigenvalue weighted by Crippen LogP contribution is 2.28. The van der Waals surface area contributed by atoms with E-state index in [1.807, 2.05) is 30.3 Å². The molecule has 140 valence electrons. The third-order valence-electron chi connectivity index (χ3n) is 4.30. The highest BCUT2D eigenvalue weighted by molar-refractivity contribution is 7.82. The van der Waals surface area contributed by atoms with Crippen LogP contribution < -0.4 is 5.14 Å². The van der Waals surface area contributed by atoms with Crippen molar-refractivity contribution in [3.8, 4) is 11.1 Å². The molecule has 7 heteroatoms. The number of hydrogen-bond donors (Lipinski definition) is 2. The highest BCUT2D eigenvalue weighted by atomic mass is 32.2. The van der Waals surface area contributed by atoms with Crippen LogP contribution in [0.25, 0.3) is 34.3 Å². The predicted molar refractivity (Wildman–Crippen MR) is 107 cm³/mol. The SMILES string of the molecule is NS(=O)c1ccccc1-c1ccc2nc(/C=C/c3ccc(F)cc3F)[nH]c2c1. The summed E-state index contributed by atoms with van der Waals surface area (Å²) < 4.78 is 38.5. The number of imidazole rings is 1. The Labute approximate surface area is 162 Å². The second-order valence-corrected chi connectivity index (χ2v) is 7.18. The van der Waals surface area contributed by atoms with Crippen molar-refractivity contribution in [2.24, 2.45) is 5.14 Å². The average molecular weight is 395 g/mol. The number of nitrogens with zero attached hydrogens (tertiary/aromatic N) is 1. The molecule has 0 fully saturated rings. The van der Waals surface area contributed by atoms with Gasteiger partial charge in [0.15, 0.2) is 0 Å². The maximum atomic E-state index is 13.7. The van der Waals surface area contributed by atoms with E-state index in [2.05, 4.69) is 9.97 Å². The van der Waals surface area contributed by atoms with Gasteiger partial charge in [0.1, 0.15) is 28.4 Å². The molecule has 1 unspecified atom stereocenters. The first-order valence-electron chi connectivity index (χ1n) is 8.40. The minimum Gasteiger partial charge on any atom is -0.338 e. The quantitative estimate of drug-likeness (QED) is 0.528. The van der Waals surface area contributed by atoms with E-state index in [1.54, 1.807) is 18.2 Å². The van der Waals surface area contributed by atoms with Gasteiger partial charge in [0.2, 0.25) is 0 Å². The summed E-state index contributed by atoms with van der Waals surface area (Å²) in [7, 11) is -1.60. The van der Waals surface area contributed by atoms with Crippen molar-refractivity contribution in [2.75, 3.05) is 0 Å². The molecule has 0 saturated heterocycles. The number of aromatic amines is 1. The van der Waals surface area contributed by atoms with E-state index in [0.29, 0.717) is 10.7 Å². The van der Waals surface area contributed by atoms with Crippen LogP contribution in [0.15, 0.2) is 65.6 Å². The van der Waals surface area contributed by atoms with Gasteiger partial charge in [-0.2, -0.15) is 0 Å².